The molecule has 94 valence electrons. The first-order valence-corrected chi connectivity index (χ1v) is 5.72. The summed E-state index contributed by atoms with van der Waals surface area (Å²) in [5, 5.41) is 8.87. The third-order valence-corrected chi connectivity index (χ3v) is 3.11. The van der Waals surface area contributed by atoms with Crippen molar-refractivity contribution in [2.45, 2.75) is 38.7 Å². The number of rotatable bonds is 5. The fourth-order valence-electron chi connectivity index (χ4n) is 1.82. The monoisotopic (exact) mass is 236 g/mol. The van der Waals surface area contributed by atoms with Crippen LogP contribution in [-0.2, 0) is 14.9 Å². The van der Waals surface area contributed by atoms with Gasteiger partial charge in [-0.3, -0.25) is 4.79 Å². The molecule has 0 bridgehead atoms. The van der Waals surface area contributed by atoms with Gasteiger partial charge in [-0.2, -0.15) is 0 Å². The molecular weight excluding hydrogens is 216 g/mol. The van der Waals surface area contributed by atoms with Gasteiger partial charge < -0.3 is 9.84 Å². The van der Waals surface area contributed by atoms with Gasteiger partial charge in [0, 0.05) is 12.5 Å². The van der Waals surface area contributed by atoms with Gasteiger partial charge in [0.15, 0.2) is 0 Å². The van der Waals surface area contributed by atoms with Crippen LogP contribution in [0, 0.1) is 0 Å². The van der Waals surface area contributed by atoms with E-state index in [0.717, 1.165) is 11.1 Å². The Labute approximate surface area is 102 Å². The minimum absolute atomic E-state index is 0.0617. The van der Waals surface area contributed by atoms with Gasteiger partial charge in [-0.1, -0.05) is 38.1 Å². The minimum Gasteiger partial charge on any atom is -0.481 e. The van der Waals surface area contributed by atoms with E-state index in [0.29, 0.717) is 0 Å². The SMILES string of the molecule is COC(C)c1ccc(C(C)(C)CC(=O)O)cc1. The molecule has 0 aliphatic heterocycles. The number of carboxylic acid groups (broad SMARTS) is 1. The van der Waals surface area contributed by atoms with Crippen molar-refractivity contribution in [3.05, 3.63) is 35.4 Å². The maximum absolute atomic E-state index is 10.8. The first kappa shape index (κ1) is 13.7. The normalized spacial score (nSPS) is 13.4. The maximum Gasteiger partial charge on any atom is 0.304 e. The second kappa shape index (κ2) is 5.32. The van der Waals surface area contributed by atoms with Crippen molar-refractivity contribution in [1.29, 1.82) is 0 Å². The standard InChI is InChI=1S/C14H20O3/c1-10(17-4)11-5-7-12(8-6-11)14(2,3)9-13(15)16/h5-8,10H,9H2,1-4H3,(H,15,16). The molecule has 0 fully saturated rings. The fraction of sp³-hybridized carbons (Fsp3) is 0.500. The molecule has 0 aromatic heterocycles. The van der Waals surface area contributed by atoms with Crippen LogP contribution < -0.4 is 0 Å². The van der Waals surface area contributed by atoms with Crippen molar-refractivity contribution < 1.29 is 14.6 Å². The van der Waals surface area contributed by atoms with E-state index in [1.54, 1.807) is 7.11 Å². The molecule has 0 amide bonds. The number of aliphatic carboxylic acids is 1. The van der Waals surface area contributed by atoms with Crippen LogP contribution in [0.4, 0.5) is 0 Å². The molecule has 1 unspecified atom stereocenters. The van der Waals surface area contributed by atoms with E-state index in [1.807, 2.05) is 45.0 Å². The fourth-order valence-corrected chi connectivity index (χ4v) is 1.82. The zero-order valence-corrected chi connectivity index (χ0v) is 10.9. The number of hydrogen-bond donors (Lipinski definition) is 1. The number of methoxy groups -OCH3 is 1. The molecule has 1 rings (SSSR count). The minimum atomic E-state index is -0.774. The third-order valence-electron chi connectivity index (χ3n) is 3.11. The predicted octanol–water partition coefficient (Wildman–Crippen LogP) is 3.15. The summed E-state index contributed by atoms with van der Waals surface area (Å²) in [5.74, 6) is -0.774. The van der Waals surface area contributed by atoms with Gasteiger partial charge in [0.05, 0.1) is 12.5 Å². The lowest BCUT2D eigenvalue weighted by atomic mass is 9.81. The van der Waals surface area contributed by atoms with E-state index < -0.39 is 5.97 Å². The van der Waals surface area contributed by atoms with Crippen LogP contribution in [-0.4, -0.2) is 18.2 Å². The van der Waals surface area contributed by atoms with Crippen LogP contribution in [0.5, 0.6) is 0 Å². The Hall–Kier alpha value is -1.35. The van der Waals surface area contributed by atoms with Crippen molar-refractivity contribution in [3.8, 4) is 0 Å². The summed E-state index contributed by atoms with van der Waals surface area (Å²) >= 11 is 0. The molecule has 0 spiro atoms. The number of benzene rings is 1. The average Bonchev–Trinajstić information content (AvgIpc) is 2.26. The van der Waals surface area contributed by atoms with Gasteiger partial charge in [-0.05, 0) is 18.1 Å². The molecule has 0 radical (unpaired) electrons. The van der Waals surface area contributed by atoms with E-state index >= 15 is 0 Å². The Bertz CT molecular complexity index is 379. The predicted molar refractivity (Wildman–Crippen MR) is 67.1 cm³/mol. The number of ether oxygens (including phenoxy) is 1. The van der Waals surface area contributed by atoms with Gasteiger partial charge in [0.25, 0.3) is 0 Å². The molecule has 0 heterocycles. The highest BCUT2D eigenvalue weighted by molar-refractivity contribution is 5.68. The summed E-state index contributed by atoms with van der Waals surface area (Å²) in [6, 6.07) is 7.95. The summed E-state index contributed by atoms with van der Waals surface area (Å²) in [5.41, 5.74) is 1.79. The summed E-state index contributed by atoms with van der Waals surface area (Å²) in [7, 11) is 1.67. The maximum atomic E-state index is 10.8. The van der Waals surface area contributed by atoms with Gasteiger partial charge in [0.1, 0.15) is 0 Å². The highest BCUT2D eigenvalue weighted by Gasteiger charge is 2.24. The molecule has 0 saturated heterocycles. The Morgan fingerprint density at radius 3 is 2.29 bits per heavy atom. The van der Waals surface area contributed by atoms with E-state index in [1.165, 1.54) is 0 Å². The molecule has 3 heteroatoms. The average molecular weight is 236 g/mol. The van der Waals surface area contributed by atoms with E-state index in [2.05, 4.69) is 0 Å². The quantitative estimate of drug-likeness (QED) is 0.854. The Morgan fingerprint density at radius 1 is 1.35 bits per heavy atom. The Morgan fingerprint density at radius 2 is 1.88 bits per heavy atom. The third kappa shape index (κ3) is 3.56. The lowest BCUT2D eigenvalue weighted by Gasteiger charge is -2.23. The molecule has 17 heavy (non-hydrogen) atoms. The molecule has 0 saturated carbocycles. The van der Waals surface area contributed by atoms with Crippen LogP contribution in [0.1, 0.15) is 44.4 Å². The van der Waals surface area contributed by atoms with Gasteiger partial charge in [-0.25, -0.2) is 0 Å². The molecule has 0 aliphatic rings. The second-order valence-electron chi connectivity index (χ2n) is 4.95. The van der Waals surface area contributed by atoms with Gasteiger partial charge in [0.2, 0.25) is 0 Å². The summed E-state index contributed by atoms with van der Waals surface area (Å²) in [4.78, 5) is 10.8. The highest BCUT2D eigenvalue weighted by Crippen LogP contribution is 2.28. The van der Waals surface area contributed by atoms with Crippen LogP contribution in [0.3, 0.4) is 0 Å². The van der Waals surface area contributed by atoms with Crippen molar-refractivity contribution in [2.24, 2.45) is 0 Å². The Balaban J connectivity index is 2.90. The summed E-state index contributed by atoms with van der Waals surface area (Å²) < 4.78 is 5.23. The molecule has 1 atom stereocenters. The Kier molecular flexibility index (Phi) is 4.29. The smallest absolute Gasteiger partial charge is 0.304 e. The number of carbonyl (C=O) groups is 1. The second-order valence-corrected chi connectivity index (χ2v) is 4.95. The lowest BCUT2D eigenvalue weighted by Crippen LogP contribution is -2.21. The van der Waals surface area contributed by atoms with E-state index in [4.69, 9.17) is 9.84 Å². The molecule has 0 aliphatic carbocycles. The highest BCUT2D eigenvalue weighted by atomic mass is 16.5. The molecule has 1 aromatic rings. The topological polar surface area (TPSA) is 46.5 Å². The van der Waals surface area contributed by atoms with Crippen molar-refractivity contribution in [1.82, 2.24) is 0 Å². The lowest BCUT2D eigenvalue weighted by molar-refractivity contribution is -0.138. The summed E-state index contributed by atoms with van der Waals surface area (Å²) in [6.07, 6.45) is 0.193. The zero-order valence-electron chi connectivity index (χ0n) is 10.9. The van der Waals surface area contributed by atoms with Crippen LogP contribution in [0.15, 0.2) is 24.3 Å². The van der Waals surface area contributed by atoms with Crippen LogP contribution >= 0.6 is 0 Å². The number of carboxylic acids is 1. The molecular formula is C14H20O3. The zero-order chi connectivity index (χ0) is 13.1. The van der Waals surface area contributed by atoms with E-state index in [9.17, 15) is 4.79 Å². The number of hydrogen-bond acceptors (Lipinski definition) is 2. The van der Waals surface area contributed by atoms with Gasteiger partial charge >= 0.3 is 5.97 Å². The van der Waals surface area contributed by atoms with E-state index in [-0.39, 0.29) is 17.9 Å². The molecule has 3 nitrogen and oxygen atoms in total. The van der Waals surface area contributed by atoms with Crippen LogP contribution in [0.2, 0.25) is 0 Å². The summed E-state index contributed by atoms with van der Waals surface area (Å²) in [6.45, 7) is 5.86. The van der Waals surface area contributed by atoms with Crippen LogP contribution in [0.25, 0.3) is 0 Å². The first-order valence-electron chi connectivity index (χ1n) is 5.72. The van der Waals surface area contributed by atoms with Crippen molar-refractivity contribution in [2.75, 3.05) is 7.11 Å². The molecule has 1 N–H and O–H groups in total. The molecule has 1 aromatic carbocycles. The van der Waals surface area contributed by atoms with Crippen molar-refractivity contribution >= 4 is 5.97 Å². The van der Waals surface area contributed by atoms with Gasteiger partial charge in [-0.15, -0.1) is 0 Å². The largest absolute Gasteiger partial charge is 0.481 e. The first-order chi connectivity index (χ1) is 7.86. The van der Waals surface area contributed by atoms with Crippen molar-refractivity contribution in [3.63, 3.8) is 0 Å².